The third kappa shape index (κ3) is 4.28. The molecule has 0 atom stereocenters. The van der Waals surface area contributed by atoms with Gasteiger partial charge in [-0.05, 0) is 48.0 Å². The normalized spacial score (nSPS) is 10.4. The van der Waals surface area contributed by atoms with Crippen LogP contribution in [0.4, 0.5) is 0 Å². The average molecular weight is 366 g/mol. The summed E-state index contributed by atoms with van der Waals surface area (Å²) in [6, 6.07) is 29.1. The molecule has 3 aromatic carbocycles. The summed E-state index contributed by atoms with van der Waals surface area (Å²) >= 11 is 0. The molecule has 0 fully saturated rings. The first-order valence-corrected chi connectivity index (χ1v) is 8.99. The second kappa shape index (κ2) is 8.24. The molecule has 4 rings (SSSR count). The van der Waals surface area contributed by atoms with E-state index in [1.807, 2.05) is 66.7 Å². The fraction of sp³-hybridized carbons (Fsp3) is 0.0833. The zero-order chi connectivity index (χ0) is 19.2. The minimum Gasteiger partial charge on any atom is -0.489 e. The van der Waals surface area contributed by atoms with Crippen LogP contribution in [0.1, 0.15) is 16.8 Å². The summed E-state index contributed by atoms with van der Waals surface area (Å²) in [5.41, 5.74) is 3.42. The number of hydrogen-bond acceptors (Lipinski definition) is 4. The highest BCUT2D eigenvalue weighted by Gasteiger charge is 2.03. The minimum atomic E-state index is 0.402. The smallest absolute Gasteiger partial charge is 0.130 e. The van der Waals surface area contributed by atoms with Gasteiger partial charge < -0.3 is 9.47 Å². The number of aromatic nitrogens is 1. The van der Waals surface area contributed by atoms with E-state index in [0.717, 1.165) is 27.9 Å². The van der Waals surface area contributed by atoms with Crippen LogP contribution < -0.4 is 9.47 Å². The topological polar surface area (TPSA) is 55.1 Å². The molecular weight excluding hydrogens is 348 g/mol. The molecule has 4 heteroatoms. The second-order valence-electron chi connectivity index (χ2n) is 6.36. The number of benzene rings is 3. The molecule has 0 saturated heterocycles. The highest BCUT2D eigenvalue weighted by atomic mass is 16.5. The van der Waals surface area contributed by atoms with Crippen molar-refractivity contribution in [1.29, 1.82) is 5.26 Å². The van der Waals surface area contributed by atoms with Crippen LogP contribution in [0.15, 0.2) is 84.9 Å². The van der Waals surface area contributed by atoms with E-state index in [9.17, 15) is 0 Å². The number of pyridine rings is 1. The Kier molecular flexibility index (Phi) is 5.17. The Balaban J connectivity index is 1.39. The standard InChI is InChI=1S/C24H18N2O2/c25-15-18-5-3-8-22(13-18)27-16-19-6-4-9-23(14-19)28-17-21-12-11-20-7-1-2-10-24(20)26-21/h1-14H,16-17H2. The van der Waals surface area contributed by atoms with Crippen LogP contribution in [0.2, 0.25) is 0 Å². The van der Waals surface area contributed by atoms with Crippen LogP contribution in [0, 0.1) is 11.3 Å². The molecule has 4 aromatic rings. The van der Waals surface area contributed by atoms with Gasteiger partial charge in [0.1, 0.15) is 24.7 Å². The molecule has 0 N–H and O–H groups in total. The van der Waals surface area contributed by atoms with Gasteiger partial charge in [0, 0.05) is 5.39 Å². The molecule has 0 unspecified atom stereocenters. The highest BCUT2D eigenvalue weighted by molar-refractivity contribution is 5.78. The summed E-state index contributed by atoms with van der Waals surface area (Å²) in [4.78, 5) is 4.63. The van der Waals surface area contributed by atoms with Crippen molar-refractivity contribution in [3.63, 3.8) is 0 Å². The lowest BCUT2D eigenvalue weighted by atomic mass is 10.2. The molecule has 4 nitrogen and oxygen atoms in total. The maximum Gasteiger partial charge on any atom is 0.130 e. The van der Waals surface area contributed by atoms with Gasteiger partial charge in [0.15, 0.2) is 0 Å². The van der Waals surface area contributed by atoms with Gasteiger partial charge in [0.2, 0.25) is 0 Å². The maximum absolute atomic E-state index is 8.97. The van der Waals surface area contributed by atoms with Crippen LogP contribution in [0.5, 0.6) is 11.5 Å². The Labute approximate surface area is 163 Å². The van der Waals surface area contributed by atoms with Crippen molar-refractivity contribution in [2.75, 3.05) is 0 Å². The predicted molar refractivity (Wildman–Crippen MR) is 108 cm³/mol. The van der Waals surface area contributed by atoms with Crippen molar-refractivity contribution in [2.24, 2.45) is 0 Å². The third-order valence-electron chi connectivity index (χ3n) is 4.31. The van der Waals surface area contributed by atoms with Crippen LogP contribution in [-0.4, -0.2) is 4.98 Å². The summed E-state index contributed by atoms with van der Waals surface area (Å²) in [5.74, 6) is 1.44. The van der Waals surface area contributed by atoms with Gasteiger partial charge in [-0.3, -0.25) is 0 Å². The highest BCUT2D eigenvalue weighted by Crippen LogP contribution is 2.19. The third-order valence-corrected chi connectivity index (χ3v) is 4.31. The maximum atomic E-state index is 8.97. The quantitative estimate of drug-likeness (QED) is 0.467. The molecule has 136 valence electrons. The predicted octanol–water partition coefficient (Wildman–Crippen LogP) is 5.26. The zero-order valence-corrected chi connectivity index (χ0v) is 15.2. The molecule has 0 saturated carbocycles. The van der Waals surface area contributed by atoms with E-state index in [1.165, 1.54) is 0 Å². The minimum absolute atomic E-state index is 0.402. The van der Waals surface area contributed by atoms with Crippen LogP contribution >= 0.6 is 0 Å². The van der Waals surface area contributed by atoms with E-state index in [1.54, 1.807) is 12.1 Å². The molecule has 0 radical (unpaired) electrons. The number of hydrogen-bond donors (Lipinski definition) is 0. The van der Waals surface area contributed by atoms with Crippen LogP contribution in [0.3, 0.4) is 0 Å². The van der Waals surface area contributed by atoms with Gasteiger partial charge in [-0.1, -0.05) is 42.5 Å². The van der Waals surface area contributed by atoms with Crippen molar-refractivity contribution in [1.82, 2.24) is 4.98 Å². The molecule has 0 spiro atoms. The lowest BCUT2D eigenvalue weighted by Crippen LogP contribution is -2.00. The van der Waals surface area contributed by atoms with Crippen molar-refractivity contribution in [2.45, 2.75) is 13.2 Å². The second-order valence-corrected chi connectivity index (χ2v) is 6.36. The molecule has 0 aliphatic carbocycles. The van der Waals surface area contributed by atoms with Crippen molar-refractivity contribution in [3.05, 3.63) is 102 Å². The number of nitrogens with zero attached hydrogens (tertiary/aromatic N) is 2. The Bertz CT molecular complexity index is 1150. The Morgan fingerprint density at radius 2 is 1.54 bits per heavy atom. The Morgan fingerprint density at radius 3 is 2.43 bits per heavy atom. The molecule has 1 heterocycles. The van der Waals surface area contributed by atoms with E-state index < -0.39 is 0 Å². The van der Waals surface area contributed by atoms with Crippen molar-refractivity contribution < 1.29 is 9.47 Å². The van der Waals surface area contributed by atoms with Crippen LogP contribution in [-0.2, 0) is 13.2 Å². The Hall–Kier alpha value is -3.84. The number of fused-ring (bicyclic) bond motifs is 1. The lowest BCUT2D eigenvalue weighted by molar-refractivity contribution is 0.293. The van der Waals surface area contributed by atoms with E-state index in [-0.39, 0.29) is 0 Å². The zero-order valence-electron chi connectivity index (χ0n) is 15.2. The summed E-state index contributed by atoms with van der Waals surface area (Å²) < 4.78 is 11.7. The summed E-state index contributed by atoms with van der Waals surface area (Å²) in [5, 5.41) is 10.1. The summed E-state index contributed by atoms with van der Waals surface area (Å²) in [7, 11) is 0. The SMILES string of the molecule is N#Cc1cccc(OCc2cccc(OCc3ccc4ccccc4n3)c2)c1. The van der Waals surface area contributed by atoms with Gasteiger partial charge in [-0.25, -0.2) is 4.98 Å². The number of rotatable bonds is 6. The summed E-state index contributed by atoms with van der Waals surface area (Å²) in [6.45, 7) is 0.805. The Morgan fingerprint density at radius 1 is 0.750 bits per heavy atom. The molecule has 0 amide bonds. The van der Waals surface area contributed by atoms with E-state index in [4.69, 9.17) is 14.7 Å². The molecule has 1 aromatic heterocycles. The van der Waals surface area contributed by atoms with E-state index >= 15 is 0 Å². The van der Waals surface area contributed by atoms with Gasteiger partial charge >= 0.3 is 0 Å². The number of para-hydroxylation sites is 1. The van der Waals surface area contributed by atoms with Crippen molar-refractivity contribution >= 4 is 10.9 Å². The first kappa shape index (κ1) is 17.6. The largest absolute Gasteiger partial charge is 0.489 e. The molecule has 0 bridgehead atoms. The molecular formula is C24H18N2O2. The van der Waals surface area contributed by atoms with Gasteiger partial charge in [0.25, 0.3) is 0 Å². The summed E-state index contributed by atoms with van der Waals surface area (Å²) in [6.07, 6.45) is 0. The first-order chi connectivity index (χ1) is 13.8. The first-order valence-electron chi connectivity index (χ1n) is 8.99. The van der Waals surface area contributed by atoms with Gasteiger partial charge in [0.05, 0.1) is 22.8 Å². The number of ether oxygens (including phenoxy) is 2. The van der Waals surface area contributed by atoms with Crippen molar-refractivity contribution in [3.8, 4) is 17.6 Å². The fourth-order valence-electron chi connectivity index (χ4n) is 2.89. The lowest BCUT2D eigenvalue weighted by Gasteiger charge is -2.10. The number of nitriles is 1. The van der Waals surface area contributed by atoms with Gasteiger partial charge in [-0.2, -0.15) is 5.26 Å². The molecule has 28 heavy (non-hydrogen) atoms. The fourth-order valence-corrected chi connectivity index (χ4v) is 2.89. The van der Waals surface area contributed by atoms with Crippen LogP contribution in [0.25, 0.3) is 10.9 Å². The molecule has 0 aliphatic heterocycles. The molecule has 0 aliphatic rings. The average Bonchev–Trinajstić information content (AvgIpc) is 2.76. The van der Waals surface area contributed by atoms with E-state index in [0.29, 0.717) is 24.5 Å². The van der Waals surface area contributed by atoms with E-state index in [2.05, 4.69) is 17.1 Å². The monoisotopic (exact) mass is 366 g/mol. The van der Waals surface area contributed by atoms with Gasteiger partial charge in [-0.15, -0.1) is 0 Å².